The van der Waals surface area contributed by atoms with Crippen LogP contribution in [0.15, 0.2) is 42.5 Å². The Hall–Kier alpha value is -2.49. The predicted molar refractivity (Wildman–Crippen MR) is 149 cm³/mol. The number of rotatable bonds is 13. The molecule has 0 aliphatic rings. The molecule has 1 N–H and O–H groups in total. The van der Waals surface area contributed by atoms with Crippen LogP contribution >= 0.6 is 23.2 Å². The van der Waals surface area contributed by atoms with Crippen molar-refractivity contribution in [1.82, 2.24) is 10.2 Å². The highest BCUT2D eigenvalue weighted by atomic mass is 35.5. The molecule has 2 aromatic carbocycles. The van der Waals surface area contributed by atoms with Crippen molar-refractivity contribution in [3.8, 4) is 5.75 Å². The second kappa shape index (κ2) is 13.9. The molecule has 204 valence electrons. The average Bonchev–Trinajstić information content (AvgIpc) is 2.83. The molecule has 11 heteroatoms. The largest absolute Gasteiger partial charge is 0.495 e. The maximum absolute atomic E-state index is 13.4. The molecule has 0 aliphatic heterocycles. The van der Waals surface area contributed by atoms with Crippen LogP contribution in [0.1, 0.15) is 39.2 Å². The normalized spacial score (nSPS) is 12.2. The number of carbonyl (C=O) groups is 2. The molecular weight excluding hydrogens is 537 g/mol. The molecule has 0 radical (unpaired) electrons. The lowest BCUT2D eigenvalue weighted by Crippen LogP contribution is -2.48. The Morgan fingerprint density at radius 2 is 1.65 bits per heavy atom. The Morgan fingerprint density at radius 1 is 1.03 bits per heavy atom. The first-order chi connectivity index (χ1) is 17.4. The van der Waals surface area contributed by atoms with E-state index in [2.05, 4.69) is 5.32 Å². The van der Waals surface area contributed by atoms with Crippen molar-refractivity contribution in [1.29, 1.82) is 0 Å². The van der Waals surface area contributed by atoms with Gasteiger partial charge >= 0.3 is 0 Å². The Morgan fingerprint density at radius 3 is 2.22 bits per heavy atom. The molecule has 0 saturated carbocycles. The number of nitrogens with zero attached hydrogens (tertiary/aromatic N) is 2. The number of halogens is 2. The lowest BCUT2D eigenvalue weighted by atomic mass is 10.1. The third kappa shape index (κ3) is 8.79. The summed E-state index contributed by atoms with van der Waals surface area (Å²) in [6, 6.07) is 11.0. The maximum Gasteiger partial charge on any atom is 0.242 e. The summed E-state index contributed by atoms with van der Waals surface area (Å²) < 4.78 is 31.6. The molecule has 1 atom stereocenters. The van der Waals surface area contributed by atoms with Gasteiger partial charge < -0.3 is 15.0 Å². The summed E-state index contributed by atoms with van der Waals surface area (Å²) in [5.41, 5.74) is 0.926. The van der Waals surface area contributed by atoms with Crippen molar-refractivity contribution in [2.75, 3.05) is 30.8 Å². The van der Waals surface area contributed by atoms with Crippen LogP contribution in [0.2, 0.25) is 10.0 Å². The molecule has 2 amide bonds. The van der Waals surface area contributed by atoms with E-state index in [9.17, 15) is 18.0 Å². The highest BCUT2D eigenvalue weighted by Gasteiger charge is 2.28. The Bertz CT molecular complexity index is 1170. The number of sulfonamides is 1. The number of para-hydroxylation sites is 2. The molecule has 0 spiro atoms. The molecule has 0 saturated heterocycles. The van der Waals surface area contributed by atoms with Crippen molar-refractivity contribution in [2.24, 2.45) is 5.92 Å². The fraction of sp³-hybridized carbons (Fsp3) is 0.462. The molecule has 0 heterocycles. The van der Waals surface area contributed by atoms with Gasteiger partial charge in [0.05, 0.1) is 19.1 Å². The van der Waals surface area contributed by atoms with E-state index >= 15 is 0 Å². The SMILES string of the molecule is COc1ccccc1N(CCCC(=O)N(Cc1c(Cl)cccc1Cl)C(C)C(=O)NCC(C)C)S(C)(=O)=O. The van der Waals surface area contributed by atoms with Crippen LogP contribution in [-0.2, 0) is 26.2 Å². The molecule has 2 aromatic rings. The van der Waals surface area contributed by atoms with Gasteiger partial charge in [0.2, 0.25) is 21.8 Å². The van der Waals surface area contributed by atoms with Gasteiger partial charge in [0.15, 0.2) is 0 Å². The van der Waals surface area contributed by atoms with Crippen molar-refractivity contribution in [3.05, 3.63) is 58.1 Å². The summed E-state index contributed by atoms with van der Waals surface area (Å²) in [5, 5.41) is 3.64. The van der Waals surface area contributed by atoms with E-state index < -0.39 is 16.1 Å². The first-order valence-corrected chi connectivity index (χ1v) is 14.6. The van der Waals surface area contributed by atoms with E-state index in [-0.39, 0.29) is 43.7 Å². The van der Waals surface area contributed by atoms with E-state index in [1.165, 1.54) is 16.3 Å². The highest BCUT2D eigenvalue weighted by molar-refractivity contribution is 7.92. The van der Waals surface area contributed by atoms with Gasteiger partial charge in [-0.3, -0.25) is 13.9 Å². The molecule has 0 aliphatic carbocycles. The average molecular weight is 573 g/mol. The first-order valence-electron chi connectivity index (χ1n) is 12.0. The van der Waals surface area contributed by atoms with Crippen molar-refractivity contribution in [3.63, 3.8) is 0 Å². The Balaban J connectivity index is 2.24. The lowest BCUT2D eigenvalue weighted by molar-refractivity contribution is -0.140. The summed E-state index contributed by atoms with van der Waals surface area (Å²) in [5.74, 6) is 0.0358. The first kappa shape index (κ1) is 30.7. The van der Waals surface area contributed by atoms with Crippen LogP contribution in [0, 0.1) is 5.92 Å². The van der Waals surface area contributed by atoms with Crippen LogP contribution in [0.5, 0.6) is 5.75 Å². The van der Waals surface area contributed by atoms with Crippen LogP contribution in [0.3, 0.4) is 0 Å². The fourth-order valence-electron chi connectivity index (χ4n) is 3.71. The zero-order valence-electron chi connectivity index (χ0n) is 21.8. The quantitative estimate of drug-likeness (QED) is 0.374. The minimum atomic E-state index is -3.64. The second-order valence-electron chi connectivity index (χ2n) is 9.15. The maximum atomic E-state index is 13.4. The molecule has 1 unspecified atom stereocenters. The third-order valence-electron chi connectivity index (χ3n) is 5.75. The number of anilines is 1. The van der Waals surface area contributed by atoms with Crippen molar-refractivity contribution < 1.29 is 22.7 Å². The molecular formula is C26H35Cl2N3O5S. The number of hydrogen-bond donors (Lipinski definition) is 1. The Kier molecular flexibility index (Phi) is 11.5. The summed E-state index contributed by atoms with van der Waals surface area (Å²) in [6.45, 7) is 6.17. The van der Waals surface area contributed by atoms with Gasteiger partial charge in [0, 0.05) is 41.7 Å². The third-order valence-corrected chi connectivity index (χ3v) is 7.64. The topological polar surface area (TPSA) is 96.0 Å². The van der Waals surface area contributed by atoms with E-state index in [0.29, 0.717) is 33.6 Å². The van der Waals surface area contributed by atoms with Gasteiger partial charge in [-0.25, -0.2) is 8.42 Å². The van der Waals surface area contributed by atoms with Gasteiger partial charge in [-0.1, -0.05) is 55.2 Å². The second-order valence-corrected chi connectivity index (χ2v) is 11.9. The Labute approximate surface area is 229 Å². The fourth-order valence-corrected chi connectivity index (χ4v) is 5.19. The van der Waals surface area contributed by atoms with E-state index in [4.69, 9.17) is 27.9 Å². The highest BCUT2D eigenvalue weighted by Crippen LogP contribution is 2.30. The molecule has 37 heavy (non-hydrogen) atoms. The lowest BCUT2D eigenvalue weighted by Gasteiger charge is -2.30. The molecule has 0 fully saturated rings. The number of carbonyl (C=O) groups excluding carboxylic acids is 2. The van der Waals surface area contributed by atoms with E-state index in [1.54, 1.807) is 49.4 Å². The summed E-state index contributed by atoms with van der Waals surface area (Å²) >= 11 is 12.7. The van der Waals surface area contributed by atoms with Crippen molar-refractivity contribution >= 4 is 50.7 Å². The van der Waals surface area contributed by atoms with Crippen molar-refractivity contribution in [2.45, 2.75) is 46.2 Å². The minimum absolute atomic E-state index is 0.00500. The van der Waals surface area contributed by atoms with Crippen LogP contribution in [0.4, 0.5) is 5.69 Å². The van der Waals surface area contributed by atoms with Gasteiger partial charge in [0.1, 0.15) is 11.8 Å². The van der Waals surface area contributed by atoms with Gasteiger partial charge in [-0.05, 0) is 43.5 Å². The molecule has 0 aromatic heterocycles. The molecule has 8 nitrogen and oxygen atoms in total. The number of methoxy groups -OCH3 is 1. The number of amides is 2. The number of ether oxygens (including phenoxy) is 1. The molecule has 0 bridgehead atoms. The van der Waals surface area contributed by atoms with Crippen LogP contribution in [-0.4, -0.2) is 57.6 Å². The number of hydrogen-bond acceptors (Lipinski definition) is 5. The van der Waals surface area contributed by atoms with E-state index in [1.807, 2.05) is 13.8 Å². The number of benzene rings is 2. The standard InChI is InChI=1S/C26H35Cl2N3O5S/c1-18(2)16-29-26(33)19(3)30(17-20-21(27)10-8-11-22(20)28)25(32)14-9-15-31(37(5,34)35)23-12-6-7-13-24(23)36-4/h6-8,10-13,18-19H,9,14-17H2,1-5H3,(H,29,33). The summed E-state index contributed by atoms with van der Waals surface area (Å²) in [6.07, 6.45) is 1.33. The minimum Gasteiger partial charge on any atom is -0.495 e. The van der Waals surface area contributed by atoms with E-state index in [0.717, 1.165) is 6.26 Å². The van der Waals surface area contributed by atoms with Gasteiger partial charge in [-0.15, -0.1) is 0 Å². The summed E-state index contributed by atoms with van der Waals surface area (Å²) in [7, 11) is -2.18. The van der Waals surface area contributed by atoms with Crippen LogP contribution < -0.4 is 14.4 Å². The summed E-state index contributed by atoms with van der Waals surface area (Å²) in [4.78, 5) is 27.7. The predicted octanol–water partition coefficient (Wildman–Crippen LogP) is 4.74. The van der Waals surface area contributed by atoms with Crippen LogP contribution in [0.25, 0.3) is 0 Å². The monoisotopic (exact) mass is 571 g/mol. The van der Waals surface area contributed by atoms with Gasteiger partial charge in [-0.2, -0.15) is 0 Å². The zero-order chi connectivity index (χ0) is 27.8. The van der Waals surface area contributed by atoms with Gasteiger partial charge in [0.25, 0.3) is 0 Å². The zero-order valence-corrected chi connectivity index (χ0v) is 24.2. The number of nitrogens with one attached hydrogen (secondary N) is 1. The smallest absolute Gasteiger partial charge is 0.242 e. The molecule has 2 rings (SSSR count).